The summed E-state index contributed by atoms with van der Waals surface area (Å²) in [6.07, 6.45) is 0. The average molecular weight is 567 g/mol. The molecule has 0 aliphatic carbocycles. The van der Waals surface area contributed by atoms with Crippen molar-refractivity contribution < 1.29 is 26.3 Å². The Bertz CT molecular complexity index is 1450. The maximum atomic E-state index is 13.0. The number of thioether (sulfide) groups is 1. The van der Waals surface area contributed by atoms with Gasteiger partial charge in [0, 0.05) is 28.8 Å². The second kappa shape index (κ2) is 12.7. The summed E-state index contributed by atoms with van der Waals surface area (Å²) in [4.78, 5) is 13.0. The third kappa shape index (κ3) is 6.65. The van der Waals surface area contributed by atoms with Gasteiger partial charge in [-0.05, 0) is 41.9 Å². The molecule has 0 spiro atoms. The minimum atomic E-state index is 0. The Balaban J connectivity index is 0.00000320. The van der Waals surface area contributed by atoms with Crippen LogP contribution in [0.3, 0.4) is 0 Å². The monoisotopic (exact) mass is 565 g/mol. The van der Waals surface area contributed by atoms with Crippen LogP contribution in [0.1, 0.15) is 21.5 Å². The van der Waals surface area contributed by atoms with Crippen LogP contribution in [0.25, 0.3) is 22.4 Å². The van der Waals surface area contributed by atoms with Crippen molar-refractivity contribution in [2.45, 2.75) is 18.5 Å². The number of carbonyl (C=O) groups excluding carboxylic acids is 1. The van der Waals surface area contributed by atoms with E-state index in [2.05, 4.69) is 96.4 Å². The molecule has 1 heterocycles. The van der Waals surface area contributed by atoms with Gasteiger partial charge in [0.2, 0.25) is 10.7 Å². The summed E-state index contributed by atoms with van der Waals surface area (Å²) >= 11 is 1.60. The van der Waals surface area contributed by atoms with E-state index in [4.69, 9.17) is 0 Å². The lowest BCUT2D eigenvalue weighted by Crippen LogP contribution is -3.00. The molecule has 0 aliphatic heterocycles. The van der Waals surface area contributed by atoms with Crippen molar-refractivity contribution in [1.82, 2.24) is 0 Å². The number of rotatable bonds is 8. The Labute approximate surface area is 233 Å². The van der Waals surface area contributed by atoms with Crippen molar-refractivity contribution in [3.8, 4) is 22.4 Å². The molecule has 5 rings (SSSR count). The fraction of sp³-hybridized carbons (Fsp3) is 0.0909. The van der Waals surface area contributed by atoms with Crippen LogP contribution < -0.4 is 21.5 Å². The van der Waals surface area contributed by atoms with Crippen LogP contribution in [-0.4, -0.2) is 11.5 Å². The molecule has 2 nitrogen and oxygen atoms in total. The summed E-state index contributed by atoms with van der Waals surface area (Å²) in [6.45, 7) is 2.83. The third-order valence-corrected chi connectivity index (χ3v) is 7.25. The first-order valence-corrected chi connectivity index (χ1v) is 13.1. The van der Waals surface area contributed by atoms with E-state index in [1.165, 1.54) is 11.1 Å². The molecular weight excluding hydrogens is 538 g/mol. The van der Waals surface area contributed by atoms with Crippen molar-refractivity contribution in [2.24, 2.45) is 0 Å². The number of hydrogen-bond acceptors (Lipinski definition) is 2. The second-order valence-corrected chi connectivity index (χ2v) is 9.84. The predicted octanol–water partition coefficient (Wildman–Crippen LogP) is 4.64. The van der Waals surface area contributed by atoms with E-state index >= 15 is 0 Å². The van der Waals surface area contributed by atoms with Gasteiger partial charge in [-0.15, -0.1) is 0 Å². The Morgan fingerprint density at radius 2 is 1.24 bits per heavy atom. The van der Waals surface area contributed by atoms with E-state index in [1.54, 1.807) is 11.8 Å². The number of aromatic nitrogens is 1. The molecule has 4 heteroatoms. The van der Waals surface area contributed by atoms with Gasteiger partial charge in [-0.1, -0.05) is 109 Å². The number of carbonyl (C=O) groups is 1. The molecule has 0 atom stereocenters. The summed E-state index contributed by atoms with van der Waals surface area (Å²) in [7, 11) is 0. The molecule has 0 radical (unpaired) electrons. The van der Waals surface area contributed by atoms with Crippen molar-refractivity contribution in [3.05, 3.63) is 144 Å². The van der Waals surface area contributed by atoms with Gasteiger partial charge in [0.15, 0.2) is 12.3 Å². The van der Waals surface area contributed by atoms with E-state index < -0.39 is 0 Å². The smallest absolute Gasteiger partial charge is 0.241 e. The fourth-order valence-electron chi connectivity index (χ4n) is 4.25. The second-order valence-electron chi connectivity index (χ2n) is 8.85. The van der Waals surface area contributed by atoms with Crippen molar-refractivity contribution in [3.63, 3.8) is 0 Å². The molecule has 5 aromatic rings. The highest BCUT2D eigenvalue weighted by Gasteiger charge is 2.23. The Kier molecular flexibility index (Phi) is 9.10. The van der Waals surface area contributed by atoms with Crippen LogP contribution in [-0.2, 0) is 6.54 Å². The number of pyridine rings is 1. The fourth-order valence-corrected chi connectivity index (χ4v) is 5.22. The quantitative estimate of drug-likeness (QED) is 0.155. The van der Waals surface area contributed by atoms with Crippen LogP contribution in [0.2, 0.25) is 0 Å². The minimum Gasteiger partial charge on any atom is -1.00 e. The number of Topliss-reactive ketones (excluding diaryl/α,β-unsaturated/α-hetero) is 1. The highest BCUT2D eigenvalue weighted by molar-refractivity contribution is 7.99. The number of nitrogens with zero attached hydrogens (tertiary/aromatic N) is 1. The van der Waals surface area contributed by atoms with E-state index in [-0.39, 0.29) is 22.8 Å². The maximum Gasteiger partial charge on any atom is 0.241 e. The summed E-state index contributed by atoms with van der Waals surface area (Å²) < 4.78 is 2.34. The first kappa shape index (κ1) is 26.6. The number of benzene rings is 4. The molecule has 0 saturated heterocycles. The standard InChI is InChI=1S/C33H28NOS.BrH/c1-25-17-19-26(20-18-25)23-34-31(28-13-7-3-8-14-28)21-30(27-11-5-2-6-12-27)22-33(34)36-24-32(35)29-15-9-4-10-16-29;/h2-22H,23-24H2,1H3;1H/q+1;/p-1. The van der Waals surface area contributed by atoms with Crippen LogP contribution in [0.4, 0.5) is 0 Å². The van der Waals surface area contributed by atoms with E-state index in [9.17, 15) is 4.79 Å². The topological polar surface area (TPSA) is 20.9 Å². The molecule has 37 heavy (non-hydrogen) atoms. The summed E-state index contributed by atoms with van der Waals surface area (Å²) in [5.41, 5.74) is 7.81. The number of hydrogen-bond donors (Lipinski definition) is 0. The molecule has 0 aliphatic rings. The zero-order valence-electron chi connectivity index (χ0n) is 20.7. The Morgan fingerprint density at radius 3 is 1.86 bits per heavy atom. The van der Waals surface area contributed by atoms with Crippen LogP contribution >= 0.6 is 11.8 Å². The van der Waals surface area contributed by atoms with Gasteiger partial charge >= 0.3 is 0 Å². The molecule has 0 unspecified atom stereocenters. The Morgan fingerprint density at radius 1 is 0.676 bits per heavy atom. The molecule has 0 amide bonds. The molecule has 1 aromatic heterocycles. The van der Waals surface area contributed by atoms with Gasteiger partial charge in [0.25, 0.3) is 0 Å². The highest BCUT2D eigenvalue weighted by Crippen LogP contribution is 2.29. The normalized spacial score (nSPS) is 10.5. The number of halogens is 1. The SMILES string of the molecule is Cc1ccc(C[n+]2c(SCC(=O)c3ccccc3)cc(-c3ccccc3)cc2-c2ccccc2)cc1.[Br-]. The number of aryl methyl sites for hydroxylation is 1. The molecule has 4 aromatic carbocycles. The summed E-state index contributed by atoms with van der Waals surface area (Å²) in [5, 5.41) is 1.07. The maximum absolute atomic E-state index is 13.0. The van der Waals surface area contributed by atoms with Gasteiger partial charge in [0.1, 0.15) is 0 Å². The first-order chi connectivity index (χ1) is 17.7. The summed E-state index contributed by atoms with van der Waals surface area (Å²) in [5.74, 6) is 0.513. The molecule has 0 N–H and O–H groups in total. The van der Waals surface area contributed by atoms with Crippen LogP contribution in [0.5, 0.6) is 0 Å². The van der Waals surface area contributed by atoms with Crippen molar-refractivity contribution in [1.29, 1.82) is 0 Å². The average Bonchev–Trinajstić information content (AvgIpc) is 2.94. The predicted molar refractivity (Wildman–Crippen MR) is 149 cm³/mol. The van der Waals surface area contributed by atoms with Crippen LogP contribution in [0, 0.1) is 6.92 Å². The summed E-state index contributed by atoms with van der Waals surface area (Å²) in [6, 6.07) is 43.7. The van der Waals surface area contributed by atoms with E-state index in [0.29, 0.717) is 5.75 Å². The third-order valence-electron chi connectivity index (χ3n) is 6.21. The first-order valence-electron chi connectivity index (χ1n) is 12.1. The lowest BCUT2D eigenvalue weighted by molar-refractivity contribution is -0.714. The van der Waals surface area contributed by atoms with Gasteiger partial charge in [-0.2, -0.15) is 4.57 Å². The largest absolute Gasteiger partial charge is 1.00 e. The molecule has 184 valence electrons. The van der Waals surface area contributed by atoms with Gasteiger partial charge < -0.3 is 17.0 Å². The number of ketones is 1. The molecule has 0 bridgehead atoms. The Hall–Kier alpha value is -3.47. The molecule has 0 saturated carbocycles. The van der Waals surface area contributed by atoms with E-state index in [0.717, 1.165) is 39.5 Å². The van der Waals surface area contributed by atoms with Gasteiger partial charge in [-0.3, -0.25) is 4.79 Å². The molecule has 0 fully saturated rings. The van der Waals surface area contributed by atoms with Gasteiger partial charge in [-0.25, -0.2) is 0 Å². The van der Waals surface area contributed by atoms with Crippen molar-refractivity contribution in [2.75, 3.05) is 5.75 Å². The zero-order valence-corrected chi connectivity index (χ0v) is 23.1. The molecular formula is C33H28BrNOS. The van der Waals surface area contributed by atoms with Crippen LogP contribution in [0.15, 0.2) is 132 Å². The lowest BCUT2D eigenvalue weighted by Gasteiger charge is -2.13. The van der Waals surface area contributed by atoms with Crippen molar-refractivity contribution >= 4 is 17.5 Å². The zero-order chi connectivity index (χ0) is 24.7. The van der Waals surface area contributed by atoms with E-state index in [1.807, 2.05) is 42.5 Å². The minimum absolute atomic E-state index is 0. The highest BCUT2D eigenvalue weighted by atomic mass is 79.9. The van der Waals surface area contributed by atoms with Gasteiger partial charge in [0.05, 0.1) is 5.75 Å². The lowest BCUT2D eigenvalue weighted by atomic mass is 10.0.